The van der Waals surface area contributed by atoms with Crippen LogP contribution in [0.2, 0.25) is 0 Å². The van der Waals surface area contributed by atoms with Gasteiger partial charge >= 0.3 is 0 Å². The van der Waals surface area contributed by atoms with Crippen LogP contribution in [0.4, 0.5) is 4.39 Å². The van der Waals surface area contributed by atoms with E-state index in [9.17, 15) is 9.50 Å². The first-order valence-electron chi connectivity index (χ1n) is 10.3. The summed E-state index contributed by atoms with van der Waals surface area (Å²) in [7, 11) is 0. The molecule has 4 unspecified atom stereocenters. The van der Waals surface area contributed by atoms with Crippen molar-refractivity contribution in [1.82, 2.24) is 9.55 Å². The Labute approximate surface area is 158 Å². The molecular formula is C22H26FN3O. The fourth-order valence-corrected chi connectivity index (χ4v) is 7.37. The molecule has 1 aromatic carbocycles. The van der Waals surface area contributed by atoms with E-state index in [0.717, 1.165) is 30.0 Å². The van der Waals surface area contributed by atoms with Crippen molar-refractivity contribution < 1.29 is 9.50 Å². The van der Waals surface area contributed by atoms with E-state index < -0.39 is 6.10 Å². The van der Waals surface area contributed by atoms with E-state index in [1.165, 1.54) is 25.3 Å². The number of hydrogen-bond donors (Lipinski definition) is 2. The van der Waals surface area contributed by atoms with Crippen LogP contribution in [0.15, 0.2) is 30.7 Å². The lowest BCUT2D eigenvalue weighted by Crippen LogP contribution is -2.61. The van der Waals surface area contributed by atoms with Gasteiger partial charge in [-0.3, -0.25) is 0 Å². The van der Waals surface area contributed by atoms with Crippen molar-refractivity contribution in [2.45, 2.75) is 56.2 Å². The van der Waals surface area contributed by atoms with Gasteiger partial charge in [0.05, 0.1) is 30.4 Å². The van der Waals surface area contributed by atoms with Crippen LogP contribution in [-0.4, -0.2) is 26.3 Å². The standard InChI is InChI=1S/C22H26FN3O/c23-16-3-1-2-15-18-10-25-11-26(18)17(21(15)16)6-19(27)20-13-4-12-5-14(20)9-22(24,7-12)8-13/h1-3,10-14,17,19-20,27H,4-9,24H2. The molecule has 5 aliphatic rings. The van der Waals surface area contributed by atoms with Gasteiger partial charge < -0.3 is 15.4 Å². The molecule has 4 fully saturated rings. The average Bonchev–Trinajstić information content (AvgIpc) is 3.16. The Morgan fingerprint density at radius 2 is 2.04 bits per heavy atom. The van der Waals surface area contributed by atoms with Crippen LogP contribution in [0.25, 0.3) is 11.3 Å². The summed E-state index contributed by atoms with van der Waals surface area (Å²) in [5.74, 6) is 1.93. The van der Waals surface area contributed by atoms with Gasteiger partial charge in [-0.1, -0.05) is 12.1 Å². The van der Waals surface area contributed by atoms with E-state index in [-0.39, 0.29) is 17.4 Å². The maximum absolute atomic E-state index is 14.7. The third-order valence-corrected chi connectivity index (χ3v) is 7.97. The zero-order valence-electron chi connectivity index (χ0n) is 15.4. The van der Waals surface area contributed by atoms with Crippen molar-refractivity contribution in [3.63, 3.8) is 0 Å². The molecule has 5 heteroatoms. The van der Waals surface area contributed by atoms with Crippen molar-refractivity contribution >= 4 is 0 Å². The lowest BCUT2D eigenvalue weighted by atomic mass is 9.48. The summed E-state index contributed by atoms with van der Waals surface area (Å²) < 4.78 is 16.7. The van der Waals surface area contributed by atoms with Gasteiger partial charge in [-0.25, -0.2) is 9.37 Å². The van der Waals surface area contributed by atoms with Crippen LogP contribution >= 0.6 is 0 Å². The number of fused-ring (bicyclic) bond motifs is 3. The molecule has 0 radical (unpaired) electrons. The first kappa shape index (κ1) is 16.3. The minimum atomic E-state index is -0.422. The summed E-state index contributed by atoms with van der Waals surface area (Å²) in [4.78, 5) is 4.27. The highest BCUT2D eigenvalue weighted by molar-refractivity contribution is 5.69. The Balaban J connectivity index is 1.32. The van der Waals surface area contributed by atoms with Gasteiger partial charge in [0.1, 0.15) is 5.82 Å². The van der Waals surface area contributed by atoms with Crippen molar-refractivity contribution in [3.8, 4) is 11.3 Å². The van der Waals surface area contributed by atoms with Crippen LogP contribution < -0.4 is 5.73 Å². The lowest BCUT2D eigenvalue weighted by Gasteiger charge is -2.60. The highest BCUT2D eigenvalue weighted by atomic mass is 19.1. The fourth-order valence-electron chi connectivity index (χ4n) is 7.37. The van der Waals surface area contributed by atoms with Crippen molar-refractivity contribution in [2.24, 2.45) is 29.4 Å². The third-order valence-electron chi connectivity index (χ3n) is 7.97. The molecule has 27 heavy (non-hydrogen) atoms. The maximum Gasteiger partial charge on any atom is 0.129 e. The highest BCUT2D eigenvalue weighted by Crippen LogP contribution is 2.59. The lowest BCUT2D eigenvalue weighted by molar-refractivity contribution is -0.102. The molecule has 0 amide bonds. The van der Waals surface area contributed by atoms with Gasteiger partial charge in [0.2, 0.25) is 0 Å². The normalized spacial score (nSPS) is 39.4. The van der Waals surface area contributed by atoms with Crippen LogP contribution in [0.1, 0.15) is 50.1 Å². The summed E-state index contributed by atoms with van der Waals surface area (Å²) in [5, 5.41) is 11.3. The second-order valence-corrected chi connectivity index (χ2v) is 9.62. The fraction of sp³-hybridized carbons (Fsp3) is 0.591. The molecule has 142 valence electrons. The zero-order chi connectivity index (χ0) is 18.3. The predicted octanol–water partition coefficient (Wildman–Crippen LogP) is 3.50. The van der Waals surface area contributed by atoms with E-state index in [1.807, 2.05) is 10.6 Å². The SMILES string of the molecule is NC12CC3CC(C1)C(C(O)CC1c4c(F)cccc4-c4cncn41)C(C3)C2. The molecular weight excluding hydrogens is 341 g/mol. The Hall–Kier alpha value is -1.72. The molecule has 2 aromatic rings. The summed E-state index contributed by atoms with van der Waals surface area (Å²) in [5.41, 5.74) is 9.23. The molecule has 4 atom stereocenters. The Bertz CT molecular complexity index is 893. The van der Waals surface area contributed by atoms with Gasteiger partial charge in [0.15, 0.2) is 0 Å². The molecule has 4 nitrogen and oxygen atoms in total. The molecule has 2 heterocycles. The molecule has 0 spiro atoms. The van der Waals surface area contributed by atoms with Crippen LogP contribution in [-0.2, 0) is 0 Å². The Morgan fingerprint density at radius 1 is 1.26 bits per heavy atom. The second-order valence-electron chi connectivity index (χ2n) is 9.62. The van der Waals surface area contributed by atoms with E-state index in [0.29, 0.717) is 29.7 Å². The molecule has 1 aliphatic heterocycles. The van der Waals surface area contributed by atoms with E-state index in [4.69, 9.17) is 5.73 Å². The van der Waals surface area contributed by atoms with Crippen LogP contribution in [0.3, 0.4) is 0 Å². The molecule has 4 bridgehead atoms. The number of hydrogen-bond acceptors (Lipinski definition) is 3. The smallest absolute Gasteiger partial charge is 0.129 e. The number of benzene rings is 1. The topological polar surface area (TPSA) is 64.1 Å². The largest absolute Gasteiger partial charge is 0.393 e. The molecule has 0 saturated heterocycles. The number of rotatable bonds is 3. The minimum absolute atomic E-state index is 0.0102. The summed E-state index contributed by atoms with van der Waals surface area (Å²) in [6, 6.07) is 5.07. The molecule has 3 N–H and O–H groups in total. The number of aliphatic hydroxyl groups excluding tert-OH is 1. The maximum atomic E-state index is 14.7. The molecule has 1 aromatic heterocycles. The quantitative estimate of drug-likeness (QED) is 0.873. The van der Waals surface area contributed by atoms with Crippen molar-refractivity contribution in [2.75, 3.05) is 0 Å². The van der Waals surface area contributed by atoms with Crippen LogP contribution in [0.5, 0.6) is 0 Å². The first-order valence-corrected chi connectivity index (χ1v) is 10.3. The van der Waals surface area contributed by atoms with E-state index >= 15 is 0 Å². The second kappa shape index (κ2) is 5.42. The highest BCUT2D eigenvalue weighted by Gasteiger charge is 2.55. The Morgan fingerprint density at radius 3 is 2.78 bits per heavy atom. The summed E-state index contributed by atoms with van der Waals surface area (Å²) in [6.45, 7) is 0. The number of aromatic nitrogens is 2. The number of halogens is 1. The van der Waals surface area contributed by atoms with Crippen molar-refractivity contribution in [1.29, 1.82) is 0 Å². The molecule has 4 aliphatic carbocycles. The summed E-state index contributed by atoms with van der Waals surface area (Å²) in [6.07, 6.45) is 9.39. The zero-order valence-corrected chi connectivity index (χ0v) is 15.4. The number of nitrogens with zero attached hydrogens (tertiary/aromatic N) is 2. The molecule has 4 saturated carbocycles. The van der Waals surface area contributed by atoms with Crippen LogP contribution in [0, 0.1) is 29.5 Å². The Kier molecular flexibility index (Phi) is 3.26. The van der Waals surface area contributed by atoms with Gasteiger partial charge in [-0.2, -0.15) is 0 Å². The van der Waals surface area contributed by atoms with Gasteiger partial charge in [-0.05, 0) is 68.3 Å². The van der Waals surface area contributed by atoms with E-state index in [2.05, 4.69) is 4.98 Å². The minimum Gasteiger partial charge on any atom is -0.393 e. The van der Waals surface area contributed by atoms with Gasteiger partial charge in [0.25, 0.3) is 0 Å². The molecule has 7 rings (SSSR count). The number of nitrogens with two attached hydrogens (primary N) is 1. The number of imidazole rings is 1. The average molecular weight is 367 g/mol. The third kappa shape index (κ3) is 2.24. The first-order chi connectivity index (χ1) is 13.0. The predicted molar refractivity (Wildman–Crippen MR) is 100 cm³/mol. The summed E-state index contributed by atoms with van der Waals surface area (Å²) >= 11 is 0. The van der Waals surface area contributed by atoms with Crippen molar-refractivity contribution in [3.05, 3.63) is 42.1 Å². The monoisotopic (exact) mass is 367 g/mol. The van der Waals surface area contributed by atoms with Gasteiger partial charge in [-0.15, -0.1) is 0 Å². The van der Waals surface area contributed by atoms with Gasteiger partial charge in [0, 0.05) is 16.7 Å². The number of aliphatic hydroxyl groups is 1. The van der Waals surface area contributed by atoms with E-state index in [1.54, 1.807) is 18.6 Å².